The van der Waals surface area contributed by atoms with E-state index in [1.54, 1.807) is 24.3 Å². The zero-order valence-electron chi connectivity index (χ0n) is 19.3. The molecule has 0 radical (unpaired) electrons. The summed E-state index contributed by atoms with van der Waals surface area (Å²) < 4.78 is 34.0. The van der Waals surface area contributed by atoms with E-state index in [0.717, 1.165) is 0 Å². The summed E-state index contributed by atoms with van der Waals surface area (Å²) in [4.78, 5) is 12.5. The molecule has 1 fully saturated rings. The number of aliphatic hydroxyl groups is 3. The molecule has 0 unspecified atom stereocenters. The zero-order valence-corrected chi connectivity index (χ0v) is 19.3. The van der Waals surface area contributed by atoms with E-state index in [9.17, 15) is 20.1 Å². The molecule has 1 aliphatic carbocycles. The van der Waals surface area contributed by atoms with E-state index in [4.69, 9.17) is 32.9 Å². The van der Waals surface area contributed by atoms with Gasteiger partial charge in [0.1, 0.15) is 29.5 Å². The third-order valence-corrected chi connectivity index (χ3v) is 6.18. The van der Waals surface area contributed by atoms with Crippen LogP contribution in [0.5, 0.6) is 5.75 Å². The SMILES string of the molecule is COC1=CC(=c2oc3cccc4occc(c2O[C@@H]2O[C@H](C[OH2+])[C@@H](O)[C@H](O)[C@H]2O)-c43)C=C(OC)C1=O. The maximum atomic E-state index is 12.5. The van der Waals surface area contributed by atoms with Gasteiger partial charge < -0.3 is 48.2 Å². The normalized spacial score (nSPS) is 26.7. The Morgan fingerprint density at radius 1 is 0.972 bits per heavy atom. The van der Waals surface area contributed by atoms with Gasteiger partial charge in [0.2, 0.25) is 6.29 Å². The summed E-state index contributed by atoms with van der Waals surface area (Å²) in [7, 11) is 2.70. The lowest BCUT2D eigenvalue weighted by Crippen LogP contribution is -2.60. The van der Waals surface area contributed by atoms with E-state index in [1.165, 1.54) is 32.6 Å². The summed E-state index contributed by atoms with van der Waals surface area (Å²) >= 11 is 0. The lowest BCUT2D eigenvalue weighted by molar-refractivity contribution is -0.277. The number of ketones is 1. The molecule has 4 aliphatic rings. The van der Waals surface area contributed by atoms with E-state index < -0.39 is 36.5 Å². The third kappa shape index (κ3) is 3.87. The monoisotopic (exact) mass is 501 g/mol. The van der Waals surface area contributed by atoms with Gasteiger partial charge >= 0.3 is 0 Å². The Hall–Kier alpha value is -3.61. The van der Waals surface area contributed by atoms with Crippen molar-refractivity contribution in [2.45, 2.75) is 30.7 Å². The number of Topliss-reactive ketones (excluding diaryl/α,β-unsaturated/α-hetero) is 1. The van der Waals surface area contributed by atoms with Gasteiger partial charge in [-0.25, -0.2) is 0 Å². The molecule has 1 aromatic carbocycles. The molecule has 11 nitrogen and oxygen atoms in total. The molecule has 36 heavy (non-hydrogen) atoms. The average Bonchev–Trinajstić information content (AvgIpc) is 2.90. The summed E-state index contributed by atoms with van der Waals surface area (Å²) in [6.07, 6.45) is -2.87. The van der Waals surface area contributed by atoms with Crippen LogP contribution in [0.4, 0.5) is 0 Å². The smallest absolute Gasteiger partial charge is 0.261 e. The van der Waals surface area contributed by atoms with Crippen molar-refractivity contribution in [3.8, 4) is 16.9 Å². The first-order valence-electron chi connectivity index (χ1n) is 11.1. The van der Waals surface area contributed by atoms with Gasteiger partial charge in [0.25, 0.3) is 5.78 Å². The van der Waals surface area contributed by atoms with Crippen LogP contribution in [0.2, 0.25) is 0 Å². The summed E-state index contributed by atoms with van der Waals surface area (Å²) in [5.74, 6) is -0.332. The maximum Gasteiger partial charge on any atom is 0.261 e. The number of rotatable bonds is 5. The second-order valence-electron chi connectivity index (χ2n) is 8.27. The standard InChI is InChI=1S/C25H24O11/c1-31-15-8-11(9-16(32-2)19(15)27)23-24(36-25-22(30)21(29)20(28)17(10-26)35-25)12-6-7-33-13-4-3-5-14(34-23)18(12)13/h3-9,17,20-22,25-26,28-30H,10H2,1-2H3/p+1/t17-,20-,21+,22-,25+/m1/s1. The van der Waals surface area contributed by atoms with E-state index in [1.807, 2.05) is 0 Å². The molecule has 5 atom stereocenters. The molecule has 190 valence electrons. The Kier molecular flexibility index (Phi) is 6.33. The van der Waals surface area contributed by atoms with Crippen molar-refractivity contribution in [1.29, 1.82) is 0 Å². The predicted molar refractivity (Wildman–Crippen MR) is 124 cm³/mol. The van der Waals surface area contributed by atoms with Crippen LogP contribution in [0.3, 0.4) is 0 Å². The van der Waals surface area contributed by atoms with Crippen molar-refractivity contribution in [2.75, 3.05) is 20.8 Å². The maximum absolute atomic E-state index is 12.5. The van der Waals surface area contributed by atoms with E-state index in [2.05, 4.69) is 0 Å². The minimum atomic E-state index is -1.63. The van der Waals surface area contributed by atoms with E-state index in [-0.39, 0.29) is 29.3 Å². The minimum absolute atomic E-state index is 0.00799. The highest BCUT2D eigenvalue weighted by molar-refractivity contribution is 6.10. The Morgan fingerprint density at radius 3 is 2.33 bits per heavy atom. The molecule has 5 N–H and O–H groups in total. The Labute approximate surface area is 204 Å². The van der Waals surface area contributed by atoms with Gasteiger partial charge in [-0.05, 0) is 30.4 Å². The molecule has 3 heterocycles. The average molecular weight is 501 g/mol. The van der Waals surface area contributed by atoms with Crippen LogP contribution in [0.1, 0.15) is 0 Å². The first kappa shape index (κ1) is 24.1. The second-order valence-corrected chi connectivity index (χ2v) is 8.27. The molecule has 0 aromatic heterocycles. The first-order valence-corrected chi connectivity index (χ1v) is 11.1. The van der Waals surface area contributed by atoms with Crippen LogP contribution < -0.4 is 10.2 Å². The van der Waals surface area contributed by atoms with E-state index >= 15 is 0 Å². The number of hydrogen-bond donors (Lipinski definition) is 3. The van der Waals surface area contributed by atoms with Gasteiger partial charge in [-0.3, -0.25) is 4.79 Å². The molecule has 3 aliphatic heterocycles. The largest absolute Gasteiger partial charge is 0.492 e. The highest BCUT2D eigenvalue weighted by atomic mass is 16.7. The van der Waals surface area contributed by atoms with Gasteiger partial charge in [-0.1, -0.05) is 6.07 Å². The van der Waals surface area contributed by atoms with Crippen molar-refractivity contribution in [3.05, 3.63) is 59.6 Å². The summed E-state index contributed by atoms with van der Waals surface area (Å²) in [6.45, 7) is -0.371. The number of hydrogen-bond acceptors (Lipinski definition) is 10. The van der Waals surface area contributed by atoms with Gasteiger partial charge in [0.15, 0.2) is 35.4 Å². The molecule has 11 heteroatoms. The Balaban J connectivity index is 1.77. The molecule has 0 saturated carbocycles. The second kappa shape index (κ2) is 9.45. The molecule has 1 saturated heterocycles. The molecule has 0 amide bonds. The van der Waals surface area contributed by atoms with E-state index in [0.29, 0.717) is 27.9 Å². The highest BCUT2D eigenvalue weighted by Crippen LogP contribution is 2.39. The van der Waals surface area contributed by atoms with Crippen molar-refractivity contribution in [2.24, 2.45) is 0 Å². The lowest BCUT2D eigenvalue weighted by Gasteiger charge is -2.38. The van der Waals surface area contributed by atoms with Crippen molar-refractivity contribution in [1.82, 2.24) is 0 Å². The number of ether oxygens (including phenoxy) is 4. The fraction of sp³-hybridized carbons (Fsp3) is 0.320. The van der Waals surface area contributed by atoms with Gasteiger partial charge in [-0.2, -0.15) is 0 Å². The van der Waals surface area contributed by atoms with Crippen molar-refractivity contribution < 1.29 is 53.0 Å². The molecular weight excluding hydrogens is 476 g/mol. The molecule has 5 rings (SSSR count). The van der Waals surface area contributed by atoms with Crippen LogP contribution in [-0.2, 0) is 19.0 Å². The molecular formula is C25H25O11+. The van der Waals surface area contributed by atoms with Crippen LogP contribution >= 0.6 is 0 Å². The molecule has 0 spiro atoms. The quantitative estimate of drug-likeness (QED) is 0.409. The number of methoxy groups -OCH3 is 2. The molecule has 0 bridgehead atoms. The van der Waals surface area contributed by atoms with Crippen LogP contribution in [0, 0.1) is 0 Å². The summed E-state index contributed by atoms with van der Waals surface area (Å²) in [5.41, 5.74) is 2.57. The minimum Gasteiger partial charge on any atom is -0.492 e. The van der Waals surface area contributed by atoms with Crippen LogP contribution in [0.15, 0.2) is 63.0 Å². The fourth-order valence-electron chi connectivity index (χ4n) is 4.30. The van der Waals surface area contributed by atoms with Crippen molar-refractivity contribution >= 4 is 22.5 Å². The first-order chi connectivity index (χ1) is 17.4. The topological polar surface area (TPSA) is 164 Å². The highest BCUT2D eigenvalue weighted by Gasteiger charge is 2.46. The number of benzene rings is 1. The Morgan fingerprint density at radius 2 is 1.67 bits per heavy atom. The van der Waals surface area contributed by atoms with Crippen molar-refractivity contribution in [3.63, 3.8) is 0 Å². The third-order valence-electron chi connectivity index (χ3n) is 6.18. The van der Waals surface area contributed by atoms with Crippen LogP contribution in [-0.4, -0.2) is 77.7 Å². The zero-order chi connectivity index (χ0) is 25.6. The van der Waals surface area contributed by atoms with Crippen LogP contribution in [0.25, 0.3) is 27.9 Å². The number of allylic oxidation sites excluding steroid dienone is 2. The van der Waals surface area contributed by atoms with Gasteiger partial charge in [-0.15, -0.1) is 0 Å². The van der Waals surface area contributed by atoms with Gasteiger partial charge in [0, 0.05) is 11.1 Å². The Bertz CT molecular complexity index is 1370. The molecule has 1 aromatic rings. The summed E-state index contributed by atoms with van der Waals surface area (Å²) in [6, 6.07) is 6.87. The number of aliphatic hydroxyl groups excluding tert-OH is 3. The number of carbonyl (C=O) groups excluding carboxylic acids is 1. The summed E-state index contributed by atoms with van der Waals surface area (Å²) in [5, 5.41) is 38.7. The number of carbonyl (C=O) groups is 1. The fourth-order valence-corrected chi connectivity index (χ4v) is 4.30. The lowest BCUT2D eigenvalue weighted by atomic mass is 9.98. The predicted octanol–water partition coefficient (Wildman–Crippen LogP) is 0.117. The van der Waals surface area contributed by atoms with Gasteiger partial charge in [0.05, 0.1) is 26.0 Å².